The number of carbonyl (C=O) groups is 1. The molecule has 1 unspecified atom stereocenters. The number of hydrogen-bond donors (Lipinski definition) is 2. The quantitative estimate of drug-likeness (QED) is 0.787. The van der Waals surface area contributed by atoms with E-state index in [-0.39, 0.29) is 11.8 Å². The maximum Gasteiger partial charge on any atom is 0.222 e. The fraction of sp³-hybridized carbons (Fsp3) is 0.462. The van der Waals surface area contributed by atoms with Gasteiger partial charge in [-0.15, -0.1) is 10.2 Å². The van der Waals surface area contributed by atoms with Gasteiger partial charge < -0.3 is 11.1 Å². The first-order valence-corrected chi connectivity index (χ1v) is 6.49. The molecule has 102 valence electrons. The molecule has 0 radical (unpaired) electrons. The monoisotopic (exact) mass is 261 g/mol. The summed E-state index contributed by atoms with van der Waals surface area (Å²) in [7, 11) is 0. The van der Waals surface area contributed by atoms with Crippen LogP contribution in [0.3, 0.4) is 0 Å². The zero-order valence-electron chi connectivity index (χ0n) is 11.0. The topological polar surface area (TPSA) is 85.3 Å². The van der Waals surface area contributed by atoms with Gasteiger partial charge in [-0.1, -0.05) is 13.0 Å². The first kappa shape index (κ1) is 13.5. The molecule has 0 saturated heterocycles. The Kier molecular flexibility index (Phi) is 4.46. The summed E-state index contributed by atoms with van der Waals surface area (Å²) in [6.45, 7) is 2.97. The first-order chi connectivity index (χ1) is 9.22. The third-order valence-electron chi connectivity index (χ3n) is 3.08. The van der Waals surface area contributed by atoms with Crippen molar-refractivity contribution in [2.24, 2.45) is 11.7 Å². The van der Waals surface area contributed by atoms with E-state index in [0.717, 1.165) is 11.5 Å². The zero-order chi connectivity index (χ0) is 13.7. The largest absolute Gasteiger partial charge is 0.355 e. The molecule has 0 saturated carbocycles. The van der Waals surface area contributed by atoms with Gasteiger partial charge >= 0.3 is 0 Å². The molecule has 0 spiro atoms. The van der Waals surface area contributed by atoms with E-state index in [4.69, 9.17) is 5.73 Å². The fourth-order valence-electron chi connectivity index (χ4n) is 1.91. The van der Waals surface area contributed by atoms with E-state index in [1.807, 2.05) is 35.7 Å². The van der Waals surface area contributed by atoms with E-state index in [0.29, 0.717) is 25.9 Å². The summed E-state index contributed by atoms with van der Waals surface area (Å²) in [5, 5.41) is 11.1. The highest BCUT2D eigenvalue weighted by atomic mass is 16.1. The maximum absolute atomic E-state index is 11.7. The molecular weight excluding hydrogens is 242 g/mol. The summed E-state index contributed by atoms with van der Waals surface area (Å²) in [5.74, 6) is 0.849. The van der Waals surface area contributed by atoms with Gasteiger partial charge in [0.15, 0.2) is 5.65 Å². The molecule has 0 aliphatic heterocycles. The van der Waals surface area contributed by atoms with Gasteiger partial charge in [0, 0.05) is 25.1 Å². The molecule has 1 amide bonds. The molecule has 0 bridgehead atoms. The third-order valence-corrected chi connectivity index (χ3v) is 3.08. The van der Waals surface area contributed by atoms with Crippen LogP contribution in [0.1, 0.15) is 19.2 Å². The molecule has 1 atom stereocenters. The molecule has 19 heavy (non-hydrogen) atoms. The average Bonchev–Trinajstić information content (AvgIpc) is 2.82. The molecule has 2 aromatic heterocycles. The minimum Gasteiger partial charge on any atom is -0.355 e. The molecule has 2 heterocycles. The summed E-state index contributed by atoms with van der Waals surface area (Å²) < 4.78 is 1.93. The Balaban J connectivity index is 1.87. The number of pyridine rings is 1. The van der Waals surface area contributed by atoms with Gasteiger partial charge in [-0.05, 0) is 25.1 Å². The molecule has 0 aliphatic carbocycles. The standard InChI is InChI=1S/C13H19N5O/c1-10(5-7-14)13(19)15-8-6-12-17-16-11-4-2-3-9-18(11)12/h2-4,9-10H,5-8,14H2,1H3,(H,15,19). The number of fused-ring (bicyclic) bond motifs is 1. The van der Waals surface area contributed by atoms with Gasteiger partial charge in [-0.3, -0.25) is 9.20 Å². The lowest BCUT2D eigenvalue weighted by atomic mass is 10.1. The SMILES string of the molecule is CC(CCN)C(=O)NCCc1nnc2ccccn12. The van der Waals surface area contributed by atoms with Crippen molar-refractivity contribution in [3.63, 3.8) is 0 Å². The van der Waals surface area contributed by atoms with Crippen molar-refractivity contribution in [1.29, 1.82) is 0 Å². The fourth-order valence-corrected chi connectivity index (χ4v) is 1.91. The number of nitrogens with zero attached hydrogens (tertiary/aromatic N) is 3. The van der Waals surface area contributed by atoms with E-state index < -0.39 is 0 Å². The molecule has 2 rings (SSSR count). The molecule has 0 aromatic carbocycles. The lowest BCUT2D eigenvalue weighted by molar-refractivity contribution is -0.124. The Morgan fingerprint density at radius 2 is 2.32 bits per heavy atom. The van der Waals surface area contributed by atoms with Crippen LogP contribution >= 0.6 is 0 Å². The Labute approximate surface area is 112 Å². The summed E-state index contributed by atoms with van der Waals surface area (Å²) in [4.78, 5) is 11.7. The van der Waals surface area contributed by atoms with Crippen molar-refractivity contribution in [3.8, 4) is 0 Å². The molecule has 3 N–H and O–H groups in total. The van der Waals surface area contributed by atoms with Gasteiger partial charge in [-0.25, -0.2) is 0 Å². The average molecular weight is 261 g/mol. The maximum atomic E-state index is 11.7. The predicted molar refractivity (Wildman–Crippen MR) is 72.5 cm³/mol. The summed E-state index contributed by atoms with van der Waals surface area (Å²) in [5.41, 5.74) is 6.25. The number of amides is 1. The van der Waals surface area contributed by atoms with Crippen LogP contribution in [-0.2, 0) is 11.2 Å². The number of carbonyl (C=O) groups excluding carboxylic acids is 1. The number of rotatable bonds is 6. The predicted octanol–water partition coefficient (Wildman–Crippen LogP) is 0.373. The second kappa shape index (κ2) is 6.29. The Morgan fingerprint density at radius 3 is 3.11 bits per heavy atom. The summed E-state index contributed by atoms with van der Waals surface area (Å²) >= 11 is 0. The van der Waals surface area contributed by atoms with Gasteiger partial charge in [0.1, 0.15) is 5.82 Å². The van der Waals surface area contributed by atoms with E-state index in [9.17, 15) is 4.79 Å². The molecule has 0 aliphatic rings. The van der Waals surface area contributed by atoms with Gasteiger partial charge in [0.25, 0.3) is 0 Å². The molecule has 0 fully saturated rings. The van der Waals surface area contributed by atoms with Crippen LogP contribution in [0.25, 0.3) is 5.65 Å². The van der Waals surface area contributed by atoms with Crippen molar-refractivity contribution < 1.29 is 4.79 Å². The normalized spacial score (nSPS) is 12.5. The van der Waals surface area contributed by atoms with Gasteiger partial charge in [-0.2, -0.15) is 0 Å². The van der Waals surface area contributed by atoms with Gasteiger partial charge in [0.05, 0.1) is 0 Å². The smallest absolute Gasteiger partial charge is 0.222 e. The second-order valence-electron chi connectivity index (χ2n) is 4.56. The highest BCUT2D eigenvalue weighted by molar-refractivity contribution is 5.78. The summed E-state index contributed by atoms with van der Waals surface area (Å²) in [6.07, 6.45) is 3.29. The number of nitrogens with one attached hydrogen (secondary N) is 1. The van der Waals surface area contributed by atoms with Crippen LogP contribution in [0, 0.1) is 5.92 Å². The number of aromatic nitrogens is 3. The summed E-state index contributed by atoms with van der Waals surface area (Å²) in [6, 6.07) is 5.75. The Bertz CT molecular complexity index is 551. The zero-order valence-corrected chi connectivity index (χ0v) is 11.0. The minimum atomic E-state index is -0.0415. The van der Waals surface area contributed by atoms with E-state index in [1.165, 1.54) is 0 Å². The Morgan fingerprint density at radius 1 is 1.47 bits per heavy atom. The molecule has 6 heteroatoms. The highest BCUT2D eigenvalue weighted by Gasteiger charge is 2.11. The molecule has 2 aromatic rings. The van der Waals surface area contributed by atoms with Gasteiger partial charge in [0.2, 0.25) is 5.91 Å². The Hall–Kier alpha value is -1.95. The third kappa shape index (κ3) is 3.29. The van der Waals surface area contributed by atoms with E-state index in [2.05, 4.69) is 15.5 Å². The highest BCUT2D eigenvalue weighted by Crippen LogP contribution is 2.03. The molecule has 6 nitrogen and oxygen atoms in total. The number of nitrogens with two attached hydrogens (primary N) is 1. The minimum absolute atomic E-state index is 0.0410. The van der Waals surface area contributed by atoms with Crippen molar-refractivity contribution in [2.45, 2.75) is 19.8 Å². The van der Waals surface area contributed by atoms with Crippen LogP contribution in [0.5, 0.6) is 0 Å². The van der Waals surface area contributed by atoms with Crippen LogP contribution in [0.15, 0.2) is 24.4 Å². The van der Waals surface area contributed by atoms with Crippen molar-refractivity contribution >= 4 is 11.6 Å². The molecular formula is C13H19N5O. The van der Waals surface area contributed by atoms with Crippen molar-refractivity contribution in [1.82, 2.24) is 19.9 Å². The van der Waals surface area contributed by atoms with Crippen LogP contribution in [-0.4, -0.2) is 33.6 Å². The van der Waals surface area contributed by atoms with Crippen LogP contribution in [0.2, 0.25) is 0 Å². The van der Waals surface area contributed by atoms with E-state index >= 15 is 0 Å². The lowest BCUT2D eigenvalue weighted by Gasteiger charge is -2.10. The lowest BCUT2D eigenvalue weighted by Crippen LogP contribution is -2.32. The van der Waals surface area contributed by atoms with Crippen molar-refractivity contribution in [3.05, 3.63) is 30.2 Å². The first-order valence-electron chi connectivity index (χ1n) is 6.49. The van der Waals surface area contributed by atoms with Crippen LogP contribution < -0.4 is 11.1 Å². The van der Waals surface area contributed by atoms with E-state index in [1.54, 1.807) is 0 Å². The van der Waals surface area contributed by atoms with Crippen molar-refractivity contribution in [2.75, 3.05) is 13.1 Å². The second-order valence-corrected chi connectivity index (χ2v) is 4.56. The van der Waals surface area contributed by atoms with Crippen LogP contribution in [0.4, 0.5) is 0 Å². The number of hydrogen-bond acceptors (Lipinski definition) is 4.